The fourth-order valence-electron chi connectivity index (χ4n) is 2.78. The Morgan fingerprint density at radius 1 is 1.13 bits per heavy atom. The molecule has 0 aliphatic rings. The van der Waals surface area contributed by atoms with E-state index in [1.54, 1.807) is 56.5 Å². The van der Waals surface area contributed by atoms with Gasteiger partial charge in [-0.1, -0.05) is 28.9 Å². The molecule has 30 heavy (non-hydrogen) atoms. The highest BCUT2D eigenvalue weighted by Crippen LogP contribution is 2.34. The van der Waals surface area contributed by atoms with E-state index in [-0.39, 0.29) is 10.8 Å². The number of anilines is 1. The second-order valence-electron chi connectivity index (χ2n) is 6.30. The minimum absolute atomic E-state index is 0.154. The Bertz CT molecular complexity index is 1300. The molecule has 0 unspecified atom stereocenters. The summed E-state index contributed by atoms with van der Waals surface area (Å²) in [5.74, 6) is 1.25. The highest BCUT2D eigenvalue weighted by atomic mass is 35.5. The van der Waals surface area contributed by atoms with E-state index in [1.165, 1.54) is 17.4 Å². The first-order chi connectivity index (χ1) is 14.4. The summed E-state index contributed by atoms with van der Waals surface area (Å²) in [6.45, 7) is 1.73. The lowest BCUT2D eigenvalue weighted by Crippen LogP contribution is -2.13. The predicted octanol–water partition coefficient (Wildman–Crippen LogP) is 5.24. The lowest BCUT2D eigenvalue weighted by molar-refractivity contribution is 0.415. The molecule has 0 saturated carbocycles. The van der Waals surface area contributed by atoms with E-state index in [9.17, 15) is 8.42 Å². The Morgan fingerprint density at radius 3 is 2.60 bits per heavy atom. The first kappa shape index (κ1) is 20.4. The Labute approximate surface area is 182 Å². The van der Waals surface area contributed by atoms with Gasteiger partial charge < -0.3 is 9.26 Å². The van der Waals surface area contributed by atoms with Crippen LogP contribution >= 0.6 is 22.9 Å². The Balaban J connectivity index is 1.61. The molecule has 4 rings (SSSR count). The van der Waals surface area contributed by atoms with Crippen molar-refractivity contribution in [3.05, 3.63) is 64.5 Å². The smallest absolute Gasteiger partial charge is 0.268 e. The summed E-state index contributed by atoms with van der Waals surface area (Å²) in [6.07, 6.45) is 0. The third-order valence-electron chi connectivity index (χ3n) is 4.22. The topological polar surface area (TPSA) is 94.3 Å². The summed E-state index contributed by atoms with van der Waals surface area (Å²) >= 11 is 7.27. The van der Waals surface area contributed by atoms with Gasteiger partial charge in [0.15, 0.2) is 0 Å². The SMILES string of the molecule is COc1ccc(NS(=O)(=O)c2cc(-c3nc(-c4cccc(Cl)c4)no3)sc2C)cc1. The third kappa shape index (κ3) is 4.18. The normalized spacial score (nSPS) is 11.4. The van der Waals surface area contributed by atoms with E-state index >= 15 is 0 Å². The van der Waals surface area contributed by atoms with Crippen LogP contribution in [0.2, 0.25) is 5.02 Å². The molecule has 0 atom stereocenters. The largest absolute Gasteiger partial charge is 0.497 e. The molecule has 0 aliphatic carbocycles. The van der Waals surface area contributed by atoms with Gasteiger partial charge >= 0.3 is 0 Å². The second kappa shape index (κ2) is 8.10. The first-order valence-electron chi connectivity index (χ1n) is 8.73. The number of hydrogen-bond acceptors (Lipinski definition) is 7. The molecule has 0 bridgehead atoms. The van der Waals surface area contributed by atoms with Crippen molar-refractivity contribution in [2.75, 3.05) is 11.8 Å². The molecule has 10 heteroatoms. The van der Waals surface area contributed by atoms with E-state index in [4.69, 9.17) is 20.9 Å². The fourth-order valence-corrected chi connectivity index (χ4v) is 5.54. The fraction of sp³-hybridized carbons (Fsp3) is 0.100. The van der Waals surface area contributed by atoms with Gasteiger partial charge in [0, 0.05) is 21.2 Å². The number of halogens is 1. The molecule has 0 fully saturated rings. The lowest BCUT2D eigenvalue weighted by atomic mass is 10.2. The second-order valence-corrected chi connectivity index (χ2v) is 9.64. The van der Waals surface area contributed by atoms with Gasteiger partial charge in [-0.05, 0) is 49.4 Å². The summed E-state index contributed by atoms with van der Waals surface area (Å²) < 4.78 is 38.7. The van der Waals surface area contributed by atoms with Gasteiger partial charge in [0.1, 0.15) is 10.6 Å². The summed E-state index contributed by atoms with van der Waals surface area (Å²) in [4.78, 5) is 5.69. The van der Waals surface area contributed by atoms with Crippen LogP contribution < -0.4 is 9.46 Å². The Kier molecular flexibility index (Phi) is 5.50. The number of thiophene rings is 1. The molecule has 0 spiro atoms. The van der Waals surface area contributed by atoms with Gasteiger partial charge in [0.25, 0.3) is 15.9 Å². The van der Waals surface area contributed by atoms with Gasteiger partial charge in [-0.15, -0.1) is 11.3 Å². The van der Waals surface area contributed by atoms with Gasteiger partial charge in [0.2, 0.25) is 5.82 Å². The van der Waals surface area contributed by atoms with Crippen LogP contribution in [0, 0.1) is 6.92 Å². The van der Waals surface area contributed by atoms with Crippen LogP contribution in [-0.2, 0) is 10.0 Å². The summed E-state index contributed by atoms with van der Waals surface area (Å²) in [6, 6.07) is 15.2. The molecule has 0 aliphatic heterocycles. The van der Waals surface area contributed by atoms with Crippen LogP contribution in [0.25, 0.3) is 22.2 Å². The Morgan fingerprint density at radius 2 is 1.90 bits per heavy atom. The van der Waals surface area contributed by atoms with Crippen molar-refractivity contribution < 1.29 is 17.7 Å². The molecule has 4 aromatic rings. The van der Waals surface area contributed by atoms with Crippen molar-refractivity contribution in [2.24, 2.45) is 0 Å². The number of sulfonamides is 1. The molecule has 154 valence electrons. The van der Waals surface area contributed by atoms with Crippen LogP contribution in [-0.4, -0.2) is 25.7 Å². The number of nitrogens with zero attached hydrogens (tertiary/aromatic N) is 2. The molecule has 0 amide bonds. The average molecular weight is 462 g/mol. The van der Waals surface area contributed by atoms with Crippen LogP contribution in [0.3, 0.4) is 0 Å². The number of methoxy groups -OCH3 is 1. The van der Waals surface area contributed by atoms with Crippen molar-refractivity contribution in [3.63, 3.8) is 0 Å². The molecule has 7 nitrogen and oxygen atoms in total. The number of benzene rings is 2. The quantitative estimate of drug-likeness (QED) is 0.422. The van der Waals surface area contributed by atoms with E-state index in [1.807, 2.05) is 6.07 Å². The monoisotopic (exact) mass is 461 g/mol. The summed E-state index contributed by atoms with van der Waals surface area (Å²) in [5.41, 5.74) is 1.14. The van der Waals surface area contributed by atoms with Crippen molar-refractivity contribution >= 4 is 38.6 Å². The summed E-state index contributed by atoms with van der Waals surface area (Å²) in [7, 11) is -2.24. The van der Waals surface area contributed by atoms with Crippen molar-refractivity contribution in [1.29, 1.82) is 0 Å². The maximum absolute atomic E-state index is 12.9. The van der Waals surface area contributed by atoms with Crippen molar-refractivity contribution in [1.82, 2.24) is 10.1 Å². The molecule has 0 saturated heterocycles. The third-order valence-corrected chi connectivity index (χ3v) is 7.13. The van der Waals surface area contributed by atoms with Gasteiger partial charge in [-0.3, -0.25) is 4.72 Å². The van der Waals surface area contributed by atoms with E-state index in [2.05, 4.69) is 14.9 Å². The lowest BCUT2D eigenvalue weighted by Gasteiger charge is -2.08. The zero-order valence-electron chi connectivity index (χ0n) is 15.9. The summed E-state index contributed by atoms with van der Waals surface area (Å²) in [5, 5.41) is 4.53. The number of ether oxygens (including phenoxy) is 1. The molecule has 2 heterocycles. The number of aryl methyl sites for hydroxylation is 1. The van der Waals surface area contributed by atoms with E-state index in [0.717, 1.165) is 0 Å². The van der Waals surface area contributed by atoms with E-state index < -0.39 is 10.0 Å². The molecule has 1 N–H and O–H groups in total. The highest BCUT2D eigenvalue weighted by molar-refractivity contribution is 7.93. The molecule has 2 aromatic carbocycles. The van der Waals surface area contributed by atoms with Gasteiger partial charge in [0.05, 0.1) is 12.0 Å². The Hall–Kier alpha value is -2.88. The van der Waals surface area contributed by atoms with Crippen molar-refractivity contribution in [3.8, 4) is 27.9 Å². The number of aromatic nitrogens is 2. The molecule has 0 radical (unpaired) electrons. The number of hydrogen-bond donors (Lipinski definition) is 1. The molecule has 2 aromatic heterocycles. The maximum Gasteiger partial charge on any atom is 0.268 e. The zero-order chi connectivity index (χ0) is 21.3. The minimum Gasteiger partial charge on any atom is -0.497 e. The van der Waals surface area contributed by atoms with Gasteiger partial charge in [-0.2, -0.15) is 4.98 Å². The standard InChI is InChI=1S/C20H16ClN3O4S2/c1-12-18(30(25,26)24-15-6-8-16(27-2)9-7-15)11-17(29-12)20-22-19(23-28-20)13-4-3-5-14(21)10-13/h3-11,24H,1-2H3. The van der Waals surface area contributed by atoms with Crippen LogP contribution in [0.5, 0.6) is 5.75 Å². The highest BCUT2D eigenvalue weighted by Gasteiger charge is 2.23. The van der Waals surface area contributed by atoms with Crippen LogP contribution in [0.1, 0.15) is 4.88 Å². The minimum atomic E-state index is -3.79. The molecular formula is C20H16ClN3O4S2. The average Bonchev–Trinajstić information content (AvgIpc) is 3.35. The van der Waals surface area contributed by atoms with E-state index in [0.29, 0.717) is 37.6 Å². The predicted molar refractivity (Wildman–Crippen MR) is 117 cm³/mol. The number of rotatable bonds is 6. The first-order valence-corrected chi connectivity index (χ1v) is 11.4. The van der Waals surface area contributed by atoms with Gasteiger partial charge in [-0.25, -0.2) is 8.42 Å². The maximum atomic E-state index is 12.9. The zero-order valence-corrected chi connectivity index (χ0v) is 18.3. The van der Waals surface area contributed by atoms with Crippen molar-refractivity contribution in [2.45, 2.75) is 11.8 Å². The molecular weight excluding hydrogens is 446 g/mol. The number of nitrogens with one attached hydrogen (secondary N) is 1. The van der Waals surface area contributed by atoms with Crippen LogP contribution in [0.15, 0.2) is 64.0 Å². The van der Waals surface area contributed by atoms with Crippen LogP contribution in [0.4, 0.5) is 5.69 Å².